The summed E-state index contributed by atoms with van der Waals surface area (Å²) in [6.07, 6.45) is 1.71. The number of aromatic nitrogens is 2. The van der Waals surface area contributed by atoms with Crippen LogP contribution in [0.4, 0.5) is 0 Å². The smallest absolute Gasteiger partial charge is 0.308 e. The van der Waals surface area contributed by atoms with E-state index in [1.807, 2.05) is 30.3 Å². The van der Waals surface area contributed by atoms with Gasteiger partial charge in [0.25, 0.3) is 0 Å². The highest BCUT2D eigenvalue weighted by molar-refractivity contribution is 5.81. The van der Waals surface area contributed by atoms with Gasteiger partial charge in [0.15, 0.2) is 0 Å². The average Bonchev–Trinajstić information content (AvgIpc) is 2.48. The predicted molar refractivity (Wildman–Crippen MR) is 85.8 cm³/mol. The summed E-state index contributed by atoms with van der Waals surface area (Å²) in [7, 11) is 0. The molecule has 0 aliphatic rings. The van der Waals surface area contributed by atoms with Crippen LogP contribution in [0.15, 0.2) is 42.6 Å². The summed E-state index contributed by atoms with van der Waals surface area (Å²) in [5.74, 6) is 0.139. The summed E-state index contributed by atoms with van der Waals surface area (Å²) in [5, 5.41) is 0. The Morgan fingerprint density at radius 1 is 1.05 bits per heavy atom. The van der Waals surface area contributed by atoms with Crippen molar-refractivity contribution in [2.45, 2.75) is 20.8 Å². The molecule has 3 rings (SSSR count). The number of benzene rings is 2. The number of ether oxygens (including phenoxy) is 1. The maximum absolute atomic E-state index is 11.2. The molecule has 3 aromatic rings. The second-order valence-electron chi connectivity index (χ2n) is 5.27. The Kier molecular flexibility index (Phi) is 3.59. The number of carbonyl (C=O) groups is 1. The van der Waals surface area contributed by atoms with Crippen LogP contribution in [-0.2, 0) is 4.79 Å². The van der Waals surface area contributed by atoms with Crippen molar-refractivity contribution in [1.29, 1.82) is 0 Å². The molecule has 0 spiro atoms. The molecule has 0 aliphatic heterocycles. The number of hydrogen-bond donors (Lipinski definition) is 0. The van der Waals surface area contributed by atoms with Crippen molar-refractivity contribution in [2.75, 3.05) is 0 Å². The molecule has 4 heteroatoms. The molecule has 22 heavy (non-hydrogen) atoms. The van der Waals surface area contributed by atoms with Gasteiger partial charge in [-0.3, -0.25) is 9.78 Å². The van der Waals surface area contributed by atoms with Crippen LogP contribution in [-0.4, -0.2) is 15.9 Å². The molecule has 1 aromatic heterocycles. The molecule has 0 unspecified atom stereocenters. The fourth-order valence-electron chi connectivity index (χ4n) is 2.32. The van der Waals surface area contributed by atoms with E-state index in [9.17, 15) is 4.79 Å². The lowest BCUT2D eigenvalue weighted by atomic mass is 10.1. The SMILES string of the molecule is CC(=O)Oc1ccccc1-c1cnc2cc(C)c(C)cc2n1. The molecule has 0 N–H and O–H groups in total. The van der Waals surface area contributed by atoms with E-state index < -0.39 is 0 Å². The lowest BCUT2D eigenvalue weighted by molar-refractivity contribution is -0.131. The number of nitrogens with zero attached hydrogens (tertiary/aromatic N) is 2. The van der Waals surface area contributed by atoms with E-state index in [0.717, 1.165) is 16.6 Å². The zero-order valence-corrected chi connectivity index (χ0v) is 12.8. The van der Waals surface area contributed by atoms with Crippen molar-refractivity contribution in [3.05, 3.63) is 53.7 Å². The molecule has 0 saturated carbocycles. The van der Waals surface area contributed by atoms with Gasteiger partial charge in [-0.2, -0.15) is 0 Å². The largest absolute Gasteiger partial charge is 0.426 e. The van der Waals surface area contributed by atoms with Crippen LogP contribution in [0, 0.1) is 13.8 Å². The molecular formula is C18H16N2O2. The molecule has 110 valence electrons. The van der Waals surface area contributed by atoms with Crippen LogP contribution < -0.4 is 4.74 Å². The van der Waals surface area contributed by atoms with Crippen LogP contribution in [0.1, 0.15) is 18.1 Å². The van der Waals surface area contributed by atoms with E-state index in [0.29, 0.717) is 11.4 Å². The fraction of sp³-hybridized carbons (Fsp3) is 0.167. The maximum atomic E-state index is 11.2. The number of fused-ring (bicyclic) bond motifs is 1. The summed E-state index contributed by atoms with van der Waals surface area (Å²) in [6.45, 7) is 5.49. The first-order valence-corrected chi connectivity index (χ1v) is 7.06. The molecule has 1 heterocycles. The van der Waals surface area contributed by atoms with Crippen molar-refractivity contribution in [1.82, 2.24) is 9.97 Å². The zero-order chi connectivity index (χ0) is 15.7. The first-order valence-electron chi connectivity index (χ1n) is 7.06. The summed E-state index contributed by atoms with van der Waals surface area (Å²) in [6, 6.07) is 11.4. The normalized spacial score (nSPS) is 10.7. The monoisotopic (exact) mass is 292 g/mol. The summed E-state index contributed by atoms with van der Waals surface area (Å²) < 4.78 is 5.25. The second kappa shape index (κ2) is 5.56. The summed E-state index contributed by atoms with van der Waals surface area (Å²) in [4.78, 5) is 20.4. The van der Waals surface area contributed by atoms with E-state index in [1.165, 1.54) is 18.1 Å². The number of esters is 1. The molecule has 0 bridgehead atoms. The minimum absolute atomic E-state index is 0.354. The highest BCUT2D eigenvalue weighted by atomic mass is 16.5. The van der Waals surface area contributed by atoms with Crippen molar-refractivity contribution < 1.29 is 9.53 Å². The topological polar surface area (TPSA) is 52.1 Å². The average molecular weight is 292 g/mol. The van der Waals surface area contributed by atoms with Crippen LogP contribution in [0.3, 0.4) is 0 Å². The van der Waals surface area contributed by atoms with Crippen molar-refractivity contribution in [3.63, 3.8) is 0 Å². The fourth-order valence-corrected chi connectivity index (χ4v) is 2.32. The van der Waals surface area contributed by atoms with Gasteiger partial charge < -0.3 is 4.74 Å². The highest BCUT2D eigenvalue weighted by Crippen LogP contribution is 2.29. The second-order valence-corrected chi connectivity index (χ2v) is 5.27. The first-order chi connectivity index (χ1) is 10.5. The number of rotatable bonds is 2. The van der Waals surface area contributed by atoms with Gasteiger partial charge in [0.2, 0.25) is 0 Å². The Morgan fingerprint density at radius 2 is 1.73 bits per heavy atom. The molecule has 0 fully saturated rings. The van der Waals surface area contributed by atoms with E-state index in [4.69, 9.17) is 4.74 Å². The third-order valence-corrected chi connectivity index (χ3v) is 3.57. The van der Waals surface area contributed by atoms with Crippen LogP contribution in [0.25, 0.3) is 22.3 Å². The van der Waals surface area contributed by atoms with Crippen LogP contribution in [0.2, 0.25) is 0 Å². The molecule has 0 saturated heterocycles. The Balaban J connectivity index is 2.14. The molecular weight excluding hydrogens is 276 g/mol. The molecule has 4 nitrogen and oxygen atoms in total. The molecule has 0 amide bonds. The van der Waals surface area contributed by atoms with Gasteiger partial charge >= 0.3 is 5.97 Å². The van der Waals surface area contributed by atoms with Crippen molar-refractivity contribution in [3.8, 4) is 17.0 Å². The van der Waals surface area contributed by atoms with Crippen molar-refractivity contribution >= 4 is 17.0 Å². The zero-order valence-electron chi connectivity index (χ0n) is 12.8. The number of hydrogen-bond acceptors (Lipinski definition) is 4. The van der Waals surface area contributed by atoms with Gasteiger partial charge in [0, 0.05) is 12.5 Å². The quantitative estimate of drug-likeness (QED) is 0.532. The van der Waals surface area contributed by atoms with Gasteiger partial charge in [0.05, 0.1) is 22.9 Å². The van der Waals surface area contributed by atoms with E-state index in [1.54, 1.807) is 12.3 Å². The molecule has 0 atom stereocenters. The van der Waals surface area contributed by atoms with Crippen LogP contribution in [0.5, 0.6) is 5.75 Å². The Bertz CT molecular complexity index is 872. The highest BCUT2D eigenvalue weighted by Gasteiger charge is 2.11. The molecule has 0 aliphatic carbocycles. The summed E-state index contributed by atoms with van der Waals surface area (Å²) >= 11 is 0. The van der Waals surface area contributed by atoms with Gasteiger partial charge in [-0.1, -0.05) is 12.1 Å². The van der Waals surface area contributed by atoms with Gasteiger partial charge in [-0.05, 0) is 49.2 Å². The standard InChI is InChI=1S/C18H16N2O2/c1-11-8-15-16(9-12(11)2)20-17(10-19-15)14-6-4-5-7-18(14)22-13(3)21/h4-10H,1-3H3. The lowest BCUT2D eigenvalue weighted by Gasteiger charge is -2.09. The third kappa shape index (κ3) is 2.68. The molecule has 2 aromatic carbocycles. The van der Waals surface area contributed by atoms with Gasteiger partial charge in [-0.15, -0.1) is 0 Å². The number of aryl methyl sites for hydroxylation is 2. The number of carbonyl (C=O) groups excluding carboxylic acids is 1. The lowest BCUT2D eigenvalue weighted by Crippen LogP contribution is -2.03. The van der Waals surface area contributed by atoms with Gasteiger partial charge in [-0.25, -0.2) is 4.98 Å². The number of para-hydroxylation sites is 1. The summed E-state index contributed by atoms with van der Waals surface area (Å²) in [5.41, 5.74) is 5.50. The Morgan fingerprint density at radius 3 is 2.45 bits per heavy atom. The van der Waals surface area contributed by atoms with E-state index in [-0.39, 0.29) is 5.97 Å². The Hall–Kier alpha value is -2.75. The minimum atomic E-state index is -0.354. The maximum Gasteiger partial charge on any atom is 0.308 e. The third-order valence-electron chi connectivity index (χ3n) is 3.57. The van der Waals surface area contributed by atoms with E-state index >= 15 is 0 Å². The van der Waals surface area contributed by atoms with Crippen molar-refractivity contribution in [2.24, 2.45) is 0 Å². The van der Waals surface area contributed by atoms with E-state index in [2.05, 4.69) is 23.8 Å². The van der Waals surface area contributed by atoms with Gasteiger partial charge in [0.1, 0.15) is 5.75 Å². The first kappa shape index (κ1) is 14.2. The Labute approximate surface area is 128 Å². The van der Waals surface area contributed by atoms with Crippen LogP contribution >= 0.6 is 0 Å². The molecule has 0 radical (unpaired) electrons. The predicted octanol–water partition coefficient (Wildman–Crippen LogP) is 3.84. The minimum Gasteiger partial charge on any atom is -0.426 e.